The SMILES string of the molecule is Cc1c(C(C)NC(=O)C2CC3CCCCC3N2)cnn1-c1ccc(F)cc1.Cl. The highest BCUT2D eigenvalue weighted by Crippen LogP contribution is 2.33. The summed E-state index contributed by atoms with van der Waals surface area (Å²) in [5.41, 5.74) is 2.73. The van der Waals surface area contributed by atoms with Crippen LogP contribution in [0.4, 0.5) is 4.39 Å². The predicted octanol–water partition coefficient (Wildman–Crippen LogP) is 3.84. The number of hydrogen-bond donors (Lipinski definition) is 2. The van der Waals surface area contributed by atoms with Gasteiger partial charge in [0.1, 0.15) is 5.82 Å². The molecule has 2 N–H and O–H groups in total. The van der Waals surface area contributed by atoms with Crippen molar-refractivity contribution in [1.29, 1.82) is 0 Å². The van der Waals surface area contributed by atoms with Crippen LogP contribution in [-0.2, 0) is 4.79 Å². The Labute approximate surface area is 171 Å². The first-order valence-corrected chi connectivity index (χ1v) is 9.90. The average molecular weight is 407 g/mol. The molecular formula is C21H28ClFN4O. The molecule has 152 valence electrons. The molecule has 1 aliphatic heterocycles. The molecule has 7 heteroatoms. The van der Waals surface area contributed by atoms with E-state index < -0.39 is 0 Å². The summed E-state index contributed by atoms with van der Waals surface area (Å²) in [5, 5.41) is 11.1. The highest BCUT2D eigenvalue weighted by atomic mass is 35.5. The number of amides is 1. The maximum Gasteiger partial charge on any atom is 0.237 e. The Kier molecular flexibility index (Phi) is 6.40. The fourth-order valence-electron chi connectivity index (χ4n) is 4.60. The second-order valence-corrected chi connectivity index (χ2v) is 7.91. The molecule has 1 amide bonds. The number of nitrogens with one attached hydrogen (secondary N) is 2. The molecule has 4 atom stereocenters. The van der Waals surface area contributed by atoms with Crippen molar-refractivity contribution < 1.29 is 9.18 Å². The largest absolute Gasteiger partial charge is 0.348 e. The summed E-state index contributed by atoms with van der Waals surface area (Å²) >= 11 is 0. The Bertz CT molecular complexity index is 808. The van der Waals surface area contributed by atoms with E-state index in [-0.39, 0.29) is 36.2 Å². The molecule has 4 unspecified atom stereocenters. The predicted molar refractivity (Wildman–Crippen MR) is 109 cm³/mol. The summed E-state index contributed by atoms with van der Waals surface area (Å²) in [6, 6.07) is 6.54. The van der Waals surface area contributed by atoms with Crippen molar-refractivity contribution >= 4 is 18.3 Å². The minimum absolute atomic E-state index is 0. The molecular weight excluding hydrogens is 379 g/mol. The summed E-state index contributed by atoms with van der Waals surface area (Å²) in [6.07, 6.45) is 7.70. The van der Waals surface area contributed by atoms with Gasteiger partial charge in [0.2, 0.25) is 5.91 Å². The minimum Gasteiger partial charge on any atom is -0.348 e. The first-order valence-electron chi connectivity index (χ1n) is 9.90. The van der Waals surface area contributed by atoms with E-state index >= 15 is 0 Å². The van der Waals surface area contributed by atoms with Gasteiger partial charge in [-0.1, -0.05) is 12.8 Å². The summed E-state index contributed by atoms with van der Waals surface area (Å²) in [4.78, 5) is 12.8. The number of hydrogen-bond acceptors (Lipinski definition) is 3. The van der Waals surface area contributed by atoms with E-state index in [1.54, 1.807) is 23.0 Å². The number of aromatic nitrogens is 2. The lowest BCUT2D eigenvalue weighted by molar-refractivity contribution is -0.123. The smallest absolute Gasteiger partial charge is 0.237 e. The van der Waals surface area contributed by atoms with Crippen LogP contribution in [0.5, 0.6) is 0 Å². The number of rotatable bonds is 4. The van der Waals surface area contributed by atoms with Crippen molar-refractivity contribution in [3.63, 3.8) is 0 Å². The van der Waals surface area contributed by atoms with Gasteiger partial charge in [0, 0.05) is 17.3 Å². The molecule has 5 nitrogen and oxygen atoms in total. The summed E-state index contributed by atoms with van der Waals surface area (Å²) in [5.74, 6) is 0.452. The van der Waals surface area contributed by atoms with Crippen molar-refractivity contribution in [1.82, 2.24) is 20.4 Å². The number of carbonyl (C=O) groups is 1. The molecule has 1 aromatic carbocycles. The van der Waals surface area contributed by atoms with Crippen LogP contribution in [-0.4, -0.2) is 27.8 Å². The quantitative estimate of drug-likeness (QED) is 0.811. The van der Waals surface area contributed by atoms with Crippen LogP contribution in [0.1, 0.15) is 56.3 Å². The number of halogens is 2. The normalized spacial score (nSPS) is 24.9. The van der Waals surface area contributed by atoms with Crippen LogP contribution in [0.25, 0.3) is 5.69 Å². The molecule has 1 saturated heterocycles. The first kappa shape index (κ1) is 20.8. The fourth-order valence-corrected chi connectivity index (χ4v) is 4.60. The highest BCUT2D eigenvalue weighted by molar-refractivity contribution is 5.85. The monoisotopic (exact) mass is 406 g/mol. The first-order chi connectivity index (χ1) is 13.0. The molecule has 2 fully saturated rings. The molecule has 2 aromatic rings. The van der Waals surface area contributed by atoms with E-state index in [1.807, 2.05) is 13.8 Å². The molecule has 1 aromatic heterocycles. The van der Waals surface area contributed by atoms with Gasteiger partial charge in [0.15, 0.2) is 0 Å². The Morgan fingerprint density at radius 1 is 1.29 bits per heavy atom. The lowest BCUT2D eigenvalue weighted by Crippen LogP contribution is -2.43. The van der Waals surface area contributed by atoms with Crippen LogP contribution in [0, 0.1) is 18.7 Å². The van der Waals surface area contributed by atoms with Crippen molar-refractivity contribution in [2.75, 3.05) is 0 Å². The van der Waals surface area contributed by atoms with Gasteiger partial charge < -0.3 is 10.6 Å². The van der Waals surface area contributed by atoms with Crippen molar-refractivity contribution in [3.8, 4) is 5.69 Å². The topological polar surface area (TPSA) is 59.0 Å². The lowest BCUT2D eigenvalue weighted by Gasteiger charge is -2.24. The third-order valence-corrected chi connectivity index (χ3v) is 6.12. The van der Waals surface area contributed by atoms with Gasteiger partial charge in [-0.15, -0.1) is 12.4 Å². The Morgan fingerprint density at radius 3 is 2.71 bits per heavy atom. The minimum atomic E-state index is -0.269. The summed E-state index contributed by atoms with van der Waals surface area (Å²) in [7, 11) is 0. The van der Waals surface area contributed by atoms with Crippen LogP contribution >= 0.6 is 12.4 Å². The lowest BCUT2D eigenvalue weighted by atomic mass is 9.85. The van der Waals surface area contributed by atoms with Crippen molar-refractivity contribution in [2.24, 2.45) is 5.92 Å². The maximum absolute atomic E-state index is 13.2. The van der Waals surface area contributed by atoms with Gasteiger partial charge in [-0.05, 0) is 63.3 Å². The molecule has 0 radical (unpaired) electrons. The Balaban J connectivity index is 0.00000225. The van der Waals surface area contributed by atoms with E-state index in [4.69, 9.17) is 0 Å². The van der Waals surface area contributed by atoms with Crippen LogP contribution in [0.2, 0.25) is 0 Å². The number of fused-ring (bicyclic) bond motifs is 1. The van der Waals surface area contributed by atoms with E-state index in [0.29, 0.717) is 12.0 Å². The summed E-state index contributed by atoms with van der Waals surface area (Å²) in [6.45, 7) is 3.95. The molecule has 0 spiro atoms. The second-order valence-electron chi connectivity index (χ2n) is 7.91. The summed E-state index contributed by atoms with van der Waals surface area (Å²) < 4.78 is 14.9. The van der Waals surface area contributed by atoms with Gasteiger partial charge in [-0.3, -0.25) is 4.79 Å². The molecule has 1 aliphatic carbocycles. The molecule has 2 heterocycles. The molecule has 4 rings (SSSR count). The average Bonchev–Trinajstić information content (AvgIpc) is 3.26. The van der Waals surface area contributed by atoms with E-state index in [9.17, 15) is 9.18 Å². The van der Waals surface area contributed by atoms with Gasteiger partial charge in [0.05, 0.1) is 24.0 Å². The zero-order valence-corrected chi connectivity index (χ0v) is 17.1. The van der Waals surface area contributed by atoms with Crippen LogP contribution in [0.15, 0.2) is 30.5 Å². The van der Waals surface area contributed by atoms with E-state index in [0.717, 1.165) is 23.4 Å². The standard InChI is InChI=1S/C21H27FN4O.ClH/c1-13(24-21(27)20-11-15-5-3-4-6-19(15)25-20)18-12-23-26(14(18)2)17-9-7-16(22)8-10-17;/h7-10,12-13,15,19-20,25H,3-6,11H2,1-2H3,(H,24,27);1H. The molecule has 28 heavy (non-hydrogen) atoms. The number of benzene rings is 1. The van der Waals surface area contributed by atoms with Crippen molar-refractivity contribution in [2.45, 2.75) is 64.1 Å². The van der Waals surface area contributed by atoms with E-state index in [2.05, 4.69) is 15.7 Å². The zero-order valence-electron chi connectivity index (χ0n) is 16.3. The number of nitrogens with zero attached hydrogens (tertiary/aromatic N) is 2. The Hall–Kier alpha value is -1.92. The molecule has 0 bridgehead atoms. The van der Waals surface area contributed by atoms with Crippen LogP contribution in [0.3, 0.4) is 0 Å². The van der Waals surface area contributed by atoms with Crippen molar-refractivity contribution in [3.05, 3.63) is 47.5 Å². The second kappa shape index (κ2) is 8.62. The maximum atomic E-state index is 13.2. The zero-order chi connectivity index (χ0) is 19.0. The number of carbonyl (C=O) groups excluding carboxylic acids is 1. The molecule has 1 saturated carbocycles. The fraction of sp³-hybridized carbons (Fsp3) is 0.524. The van der Waals surface area contributed by atoms with Gasteiger partial charge in [0.25, 0.3) is 0 Å². The third kappa shape index (κ3) is 4.08. The highest BCUT2D eigenvalue weighted by Gasteiger charge is 2.38. The van der Waals surface area contributed by atoms with Gasteiger partial charge in [-0.2, -0.15) is 5.10 Å². The molecule has 2 aliphatic rings. The van der Waals surface area contributed by atoms with Gasteiger partial charge in [-0.25, -0.2) is 9.07 Å². The Morgan fingerprint density at radius 2 is 2.00 bits per heavy atom. The third-order valence-electron chi connectivity index (χ3n) is 6.12. The van der Waals surface area contributed by atoms with E-state index in [1.165, 1.54) is 37.8 Å². The van der Waals surface area contributed by atoms with Crippen LogP contribution < -0.4 is 10.6 Å². The van der Waals surface area contributed by atoms with Gasteiger partial charge >= 0.3 is 0 Å².